The summed E-state index contributed by atoms with van der Waals surface area (Å²) in [5.41, 5.74) is 18.9. The molecule has 121 heavy (non-hydrogen) atoms. The zero-order chi connectivity index (χ0) is 89.1. The van der Waals surface area contributed by atoms with Gasteiger partial charge in [-0.15, -0.1) is 0 Å². The number of benzene rings is 3. The summed E-state index contributed by atoms with van der Waals surface area (Å²) in [5, 5.41) is 76.2. The summed E-state index contributed by atoms with van der Waals surface area (Å²) in [5.74, 6) is -15.8. The molecule has 0 bridgehead atoms. The van der Waals surface area contributed by atoms with Crippen LogP contribution in [0.4, 0.5) is 5.69 Å². The third-order valence-corrected chi connectivity index (χ3v) is 20.1. The van der Waals surface area contributed by atoms with Gasteiger partial charge in [-0.1, -0.05) is 35.3 Å². The minimum Gasteiger partial charge on any atom is -0.496 e. The van der Waals surface area contributed by atoms with Gasteiger partial charge in [0.2, 0.25) is 70.9 Å². The highest BCUT2D eigenvalue weighted by Crippen LogP contribution is 2.47. The molecule has 13 amide bonds. The monoisotopic (exact) mass is 1740 g/mol. The van der Waals surface area contributed by atoms with Crippen LogP contribution in [0.15, 0.2) is 54.6 Å². The summed E-state index contributed by atoms with van der Waals surface area (Å²) in [6.07, 6.45) is -2.82. The highest BCUT2D eigenvalue weighted by atomic mass is 35.5. The Kier molecular flexibility index (Phi) is 36.4. The topological polar surface area (TPSA) is 622 Å². The van der Waals surface area contributed by atoms with Gasteiger partial charge in [-0.25, -0.2) is 4.68 Å². The van der Waals surface area contributed by atoms with Gasteiger partial charge in [-0.05, 0) is 88.9 Å². The third kappa shape index (κ3) is 29.3. The second kappa shape index (κ2) is 45.6. The molecule has 3 aliphatic heterocycles. The van der Waals surface area contributed by atoms with Gasteiger partial charge < -0.3 is 110 Å². The molecule has 1 aromatic heterocycles. The molecule has 45 heteroatoms. The van der Waals surface area contributed by atoms with E-state index < -0.39 is 189 Å². The van der Waals surface area contributed by atoms with Crippen molar-refractivity contribution in [3.05, 3.63) is 75.9 Å². The minimum absolute atomic E-state index is 0.00535. The van der Waals surface area contributed by atoms with Crippen molar-refractivity contribution in [1.82, 2.24) is 76.8 Å². The van der Waals surface area contributed by atoms with E-state index in [1.807, 2.05) is 19.9 Å². The molecule has 0 radical (unpaired) electrons. The molecule has 0 saturated carbocycles. The number of halogens is 2. The lowest BCUT2D eigenvalue weighted by molar-refractivity contribution is -0.140. The molecule has 2 saturated heterocycles. The number of fused-ring (bicyclic) bond motifs is 3. The first kappa shape index (κ1) is 96.4. The number of hydrogen-bond donors (Lipinski definition) is 17. The Morgan fingerprint density at radius 1 is 0.562 bits per heavy atom. The number of ether oxygens (including phenoxy) is 3. The van der Waals surface area contributed by atoms with Crippen molar-refractivity contribution in [3.8, 4) is 39.6 Å². The quantitative estimate of drug-likeness (QED) is 0.0187. The Morgan fingerprint density at radius 2 is 1.06 bits per heavy atom. The van der Waals surface area contributed by atoms with E-state index in [4.69, 9.17) is 59.7 Å². The van der Waals surface area contributed by atoms with Crippen LogP contribution >= 0.6 is 23.2 Å². The summed E-state index contributed by atoms with van der Waals surface area (Å²) < 4.78 is 19.5. The van der Waals surface area contributed by atoms with E-state index in [-0.39, 0.29) is 109 Å². The number of carbonyl (C=O) groups excluding carboxylic acids is 13. The maximum absolute atomic E-state index is 14.6. The van der Waals surface area contributed by atoms with E-state index in [1.165, 1.54) is 30.8 Å². The molecule has 0 aliphatic carbocycles. The summed E-state index contributed by atoms with van der Waals surface area (Å²) in [4.78, 5) is 217. The lowest BCUT2D eigenvalue weighted by Gasteiger charge is -2.41. The van der Waals surface area contributed by atoms with Crippen molar-refractivity contribution in [1.29, 1.82) is 0 Å². The summed E-state index contributed by atoms with van der Waals surface area (Å²) in [6.45, 7) is 3.55. The fourth-order valence-corrected chi connectivity index (χ4v) is 13.8. The maximum atomic E-state index is 14.6. The number of nitrogens with two attached hydrogens (primary N) is 3. The molecule has 3 aromatic carbocycles. The van der Waals surface area contributed by atoms with Crippen LogP contribution in [-0.2, 0) is 83.3 Å². The minimum atomic E-state index is -2.05. The van der Waals surface area contributed by atoms with Crippen molar-refractivity contribution in [2.24, 2.45) is 17.2 Å². The molecule has 7 atom stereocenters. The number of carboxylic acid groups (broad SMARTS) is 3. The van der Waals surface area contributed by atoms with Crippen molar-refractivity contribution in [2.75, 3.05) is 130 Å². The predicted molar refractivity (Wildman–Crippen MR) is 431 cm³/mol. The fourth-order valence-electron chi connectivity index (χ4n) is 13.3. The highest BCUT2D eigenvalue weighted by Gasteiger charge is 2.41. The zero-order valence-electron chi connectivity index (χ0n) is 67.2. The molecule has 0 unspecified atom stereocenters. The Morgan fingerprint density at radius 3 is 1.56 bits per heavy atom. The SMILES string of the molecule is COc1cc2c(cc1-c1cccc(NC(=O)CCC(=O)NCCCC[C@@H](NC(=O)[C@@H](C)NC(=O)CN3CCN(CC(=O)O)CCN(CC(=O)O)CCN(CC(=O)O)CC3)C(=O)N[C@H](CO)C(=O)N[C@H](CC(N)=O)C(=O)N[C@H](CC(N)=O)C(=O)N[C@H](CO)C(=O)N[C@H](C)C(N)=O)c1)-c1c(c(C(=O)N3CCOCC3(C)C)nn1-c1cc(Cl)cc(Cl)c1)CO2. The van der Waals surface area contributed by atoms with E-state index in [0.717, 1.165) is 0 Å². The van der Waals surface area contributed by atoms with Crippen molar-refractivity contribution < 1.29 is 116 Å². The number of nitrogens with zero attached hydrogens (tertiary/aromatic N) is 7. The van der Waals surface area contributed by atoms with Crippen LogP contribution in [0.3, 0.4) is 0 Å². The van der Waals surface area contributed by atoms with E-state index in [1.54, 1.807) is 67.9 Å². The molecule has 3 aliphatic rings. The van der Waals surface area contributed by atoms with Crippen LogP contribution in [0, 0.1) is 0 Å². The van der Waals surface area contributed by atoms with Crippen LogP contribution in [0.1, 0.15) is 88.7 Å². The average Bonchev–Trinajstić information content (AvgIpc) is 1.58. The van der Waals surface area contributed by atoms with Gasteiger partial charge in [0.1, 0.15) is 60.4 Å². The Hall–Kier alpha value is -11.7. The van der Waals surface area contributed by atoms with Crippen molar-refractivity contribution in [2.45, 2.75) is 127 Å². The number of amides is 13. The van der Waals surface area contributed by atoms with Gasteiger partial charge in [0.25, 0.3) is 5.91 Å². The molecule has 0 spiro atoms. The normalized spacial score (nSPS) is 16.3. The van der Waals surface area contributed by atoms with Gasteiger partial charge in [0, 0.05) is 117 Å². The average molecular weight is 1740 g/mol. The second-order valence-corrected chi connectivity index (χ2v) is 30.4. The maximum Gasteiger partial charge on any atom is 0.317 e. The highest BCUT2D eigenvalue weighted by molar-refractivity contribution is 6.35. The Balaban J connectivity index is 1.03. The number of aliphatic carboxylic acids is 3. The number of primary amides is 3. The van der Waals surface area contributed by atoms with Crippen LogP contribution in [0.25, 0.3) is 28.1 Å². The first-order chi connectivity index (χ1) is 57.3. The molecule has 20 N–H and O–H groups in total. The molecule has 43 nitrogen and oxygen atoms in total. The largest absolute Gasteiger partial charge is 0.496 e. The number of aromatic nitrogens is 2. The van der Waals surface area contributed by atoms with E-state index in [0.29, 0.717) is 80.6 Å². The number of hydrogen-bond acceptors (Lipinski definition) is 26. The van der Waals surface area contributed by atoms with Crippen molar-refractivity contribution >= 4 is 124 Å². The summed E-state index contributed by atoms with van der Waals surface area (Å²) in [7, 11) is 1.48. The van der Waals surface area contributed by atoms with Crippen LogP contribution in [0.5, 0.6) is 11.5 Å². The van der Waals surface area contributed by atoms with Gasteiger partial charge in [-0.3, -0.25) is 96.3 Å². The number of unbranched alkanes of at least 4 members (excludes halogenated alkanes) is 1. The Labute approximate surface area is 704 Å². The lowest BCUT2D eigenvalue weighted by atomic mass is 9.95. The van der Waals surface area contributed by atoms with Crippen LogP contribution in [0.2, 0.25) is 10.0 Å². The number of anilines is 1. The van der Waals surface area contributed by atoms with Crippen LogP contribution in [-0.4, -0.2) is 328 Å². The number of rotatable bonds is 41. The van der Waals surface area contributed by atoms with Crippen LogP contribution < -0.4 is 74.5 Å². The number of nitrogens with one attached hydrogen (secondary N) is 9. The van der Waals surface area contributed by atoms with Gasteiger partial charge in [0.05, 0.1) is 89.5 Å². The van der Waals surface area contributed by atoms with Gasteiger partial charge in [-0.2, -0.15) is 5.10 Å². The second-order valence-electron chi connectivity index (χ2n) is 29.6. The third-order valence-electron chi connectivity index (χ3n) is 19.6. The number of aliphatic hydroxyl groups excluding tert-OH is 2. The smallest absolute Gasteiger partial charge is 0.317 e. The van der Waals surface area contributed by atoms with Crippen molar-refractivity contribution in [3.63, 3.8) is 0 Å². The summed E-state index contributed by atoms with van der Waals surface area (Å²) in [6, 6.07) is 2.98. The zero-order valence-corrected chi connectivity index (χ0v) is 68.7. The number of carbonyl (C=O) groups is 16. The Bertz CT molecular complexity index is 4440. The van der Waals surface area contributed by atoms with Gasteiger partial charge >= 0.3 is 17.9 Å². The fraction of sp³-hybridized carbons (Fsp3) is 0.513. The standard InChI is InChI=1S/C76H103Cl2N19O24/c1-41(68(81)111)84-73(116)54(37-98)90-72(115)53(31-59(80)101)87-71(114)52(30-58(79)100)88-74(117)55(38-99)89-70(113)51(86-69(112)42(2)83-62(104)33-92-15-17-93(34-63(105)106)19-21-95(36-65(109)110)22-20-94(18-16-92)35-64(107)108)11-6-7-14-82-60(102)12-13-61(103)85-46-10-8-9-43(25-46)48-29-49-57(32-56(48)119-5)121-39-50-66(75(118)96-23-24-120-40-76(96,3)4)91-97(67(49)50)47-27-44(77)26-45(78)28-47/h8-10,25-29,32,41-42,51-55,98-99H,6-7,11-24,30-31,33-40H2,1-5H3,(H2,79,100)(H2,80,101)(H2,81,111)(H,82,102)(H,83,104)(H,84,116)(H,85,103)(H,86,112)(H,87,114)(H,88,117)(H,89,113)(H,90,115)(H,105,106)(H,107,108)(H,109,110)/t41-,42-,51-,52-,53-,54-,55-/m1/s1. The first-order valence-corrected chi connectivity index (χ1v) is 39.3. The molecule has 7 rings (SSSR count). The molecule has 660 valence electrons. The van der Waals surface area contributed by atoms with E-state index >= 15 is 0 Å². The predicted octanol–water partition coefficient (Wildman–Crippen LogP) is -4.20. The lowest BCUT2D eigenvalue weighted by Crippen LogP contribution is -2.61. The van der Waals surface area contributed by atoms with E-state index in [2.05, 4.69) is 47.9 Å². The number of morpholine rings is 1. The number of aliphatic hydroxyl groups is 2. The molecular weight excluding hydrogens is 1630 g/mol. The number of carboxylic acids is 3. The van der Waals surface area contributed by atoms with Gasteiger partial charge in [0.15, 0.2) is 5.69 Å². The molecule has 4 heterocycles. The van der Waals surface area contributed by atoms with E-state index in [9.17, 15) is 102 Å². The molecule has 2 fully saturated rings. The summed E-state index contributed by atoms with van der Waals surface area (Å²) >= 11 is 13.1. The molecular formula is C76H103Cl2N19O24. The molecule has 4 aromatic rings. The number of methoxy groups -OCH3 is 1. The first-order valence-electron chi connectivity index (χ1n) is 38.5.